The van der Waals surface area contributed by atoms with Crippen LogP contribution in [-0.4, -0.2) is 39.1 Å². The molecule has 27 heavy (non-hydrogen) atoms. The first-order valence-electron chi connectivity index (χ1n) is 8.65. The molecule has 0 spiro atoms. The van der Waals surface area contributed by atoms with Crippen molar-refractivity contribution in [1.29, 1.82) is 0 Å². The van der Waals surface area contributed by atoms with E-state index in [4.69, 9.17) is 4.74 Å². The molecular weight excluding hydrogens is 408 g/mol. The van der Waals surface area contributed by atoms with E-state index < -0.39 is 0 Å². The average Bonchev–Trinajstić information content (AvgIpc) is 2.67. The van der Waals surface area contributed by atoms with Crippen molar-refractivity contribution in [3.05, 3.63) is 63.6 Å². The molecular formula is C20H25BrN4O2. The number of aryl methyl sites for hydroxylation is 1. The summed E-state index contributed by atoms with van der Waals surface area (Å²) in [6, 6.07) is 13.4. The summed E-state index contributed by atoms with van der Waals surface area (Å²) < 4.78 is 6.30. The van der Waals surface area contributed by atoms with E-state index in [1.807, 2.05) is 37.3 Å². The van der Waals surface area contributed by atoms with Gasteiger partial charge >= 0.3 is 0 Å². The lowest BCUT2D eigenvalue weighted by Crippen LogP contribution is -2.41. The fourth-order valence-electron chi connectivity index (χ4n) is 2.49. The molecule has 2 rings (SSSR count). The third kappa shape index (κ3) is 6.60. The smallest absolute Gasteiger partial charge is 0.251 e. The lowest BCUT2D eigenvalue weighted by Gasteiger charge is -2.14. The summed E-state index contributed by atoms with van der Waals surface area (Å²) in [6.07, 6.45) is 0. The van der Waals surface area contributed by atoms with Crippen molar-refractivity contribution in [2.45, 2.75) is 13.5 Å². The van der Waals surface area contributed by atoms with Gasteiger partial charge in [-0.2, -0.15) is 0 Å². The van der Waals surface area contributed by atoms with E-state index in [9.17, 15) is 4.79 Å². The van der Waals surface area contributed by atoms with Crippen LogP contribution in [0.5, 0.6) is 5.75 Å². The van der Waals surface area contributed by atoms with Crippen LogP contribution in [0.2, 0.25) is 0 Å². The Labute approximate surface area is 168 Å². The molecule has 144 valence electrons. The second kappa shape index (κ2) is 10.6. The van der Waals surface area contributed by atoms with Gasteiger partial charge in [-0.15, -0.1) is 0 Å². The fraction of sp³-hybridized carbons (Fsp3) is 0.300. The topological polar surface area (TPSA) is 74.8 Å². The van der Waals surface area contributed by atoms with Gasteiger partial charge in [0.1, 0.15) is 5.75 Å². The van der Waals surface area contributed by atoms with Crippen LogP contribution in [0, 0.1) is 6.92 Å². The zero-order valence-corrected chi connectivity index (χ0v) is 17.4. The van der Waals surface area contributed by atoms with Gasteiger partial charge in [-0.05, 0) is 36.8 Å². The Hall–Kier alpha value is -2.54. The van der Waals surface area contributed by atoms with Gasteiger partial charge in [-0.3, -0.25) is 9.79 Å². The molecule has 3 N–H and O–H groups in total. The Morgan fingerprint density at radius 1 is 1.11 bits per heavy atom. The van der Waals surface area contributed by atoms with Gasteiger partial charge < -0.3 is 20.7 Å². The summed E-state index contributed by atoms with van der Waals surface area (Å²) in [5.74, 6) is 1.40. The summed E-state index contributed by atoms with van der Waals surface area (Å²) in [5.41, 5.74) is 2.83. The minimum absolute atomic E-state index is 0.106. The summed E-state index contributed by atoms with van der Waals surface area (Å²) in [5, 5.41) is 9.31. The van der Waals surface area contributed by atoms with Crippen LogP contribution in [0.25, 0.3) is 0 Å². The van der Waals surface area contributed by atoms with Gasteiger partial charge in [0, 0.05) is 42.3 Å². The maximum absolute atomic E-state index is 12.1. The number of halogens is 1. The van der Waals surface area contributed by atoms with Gasteiger partial charge in [0.15, 0.2) is 5.96 Å². The molecule has 0 aliphatic rings. The lowest BCUT2D eigenvalue weighted by atomic mass is 10.1. The van der Waals surface area contributed by atoms with Crippen LogP contribution in [0.1, 0.15) is 21.5 Å². The number of guanidine groups is 1. The van der Waals surface area contributed by atoms with Crippen LogP contribution in [0.4, 0.5) is 0 Å². The number of amides is 1. The fourth-order valence-corrected chi connectivity index (χ4v) is 2.89. The molecule has 0 saturated carbocycles. The molecule has 0 atom stereocenters. The molecule has 0 radical (unpaired) electrons. The maximum Gasteiger partial charge on any atom is 0.251 e. The van der Waals surface area contributed by atoms with Crippen molar-refractivity contribution in [3.63, 3.8) is 0 Å². The molecule has 2 aromatic rings. The number of rotatable bonds is 7. The van der Waals surface area contributed by atoms with Gasteiger partial charge in [0.2, 0.25) is 0 Å². The number of carbonyl (C=O) groups excluding carboxylic acids is 1. The van der Waals surface area contributed by atoms with Crippen LogP contribution >= 0.6 is 15.9 Å². The lowest BCUT2D eigenvalue weighted by molar-refractivity contribution is 0.0954. The molecule has 0 heterocycles. The van der Waals surface area contributed by atoms with E-state index in [1.54, 1.807) is 26.3 Å². The first-order chi connectivity index (χ1) is 13.0. The Morgan fingerprint density at radius 3 is 2.59 bits per heavy atom. The summed E-state index contributed by atoms with van der Waals surface area (Å²) in [4.78, 5) is 16.3. The summed E-state index contributed by atoms with van der Waals surface area (Å²) in [7, 11) is 3.38. The van der Waals surface area contributed by atoms with Crippen LogP contribution in [-0.2, 0) is 6.54 Å². The van der Waals surface area contributed by atoms with Crippen molar-refractivity contribution < 1.29 is 9.53 Å². The molecule has 6 nitrogen and oxygen atoms in total. The Kier molecular flexibility index (Phi) is 8.13. The largest absolute Gasteiger partial charge is 0.496 e. The molecule has 0 saturated heterocycles. The quantitative estimate of drug-likeness (QED) is 0.357. The molecule has 0 bridgehead atoms. The van der Waals surface area contributed by atoms with Crippen LogP contribution in [0.15, 0.2) is 51.9 Å². The third-order valence-electron chi connectivity index (χ3n) is 3.90. The predicted octanol–water partition coefficient (Wildman–Crippen LogP) is 2.86. The molecule has 0 fully saturated rings. The number of methoxy groups -OCH3 is 1. The molecule has 0 unspecified atom stereocenters. The third-order valence-corrected chi connectivity index (χ3v) is 4.40. The van der Waals surface area contributed by atoms with Crippen molar-refractivity contribution in [3.8, 4) is 5.75 Å². The molecule has 0 aliphatic heterocycles. The van der Waals surface area contributed by atoms with E-state index >= 15 is 0 Å². The summed E-state index contributed by atoms with van der Waals surface area (Å²) >= 11 is 3.37. The number of aliphatic imine (C=N–C) groups is 1. The van der Waals surface area contributed by atoms with Crippen molar-refractivity contribution in [2.24, 2.45) is 4.99 Å². The Morgan fingerprint density at radius 2 is 1.89 bits per heavy atom. The second-order valence-electron chi connectivity index (χ2n) is 5.93. The maximum atomic E-state index is 12.1. The highest BCUT2D eigenvalue weighted by atomic mass is 79.9. The highest BCUT2D eigenvalue weighted by Crippen LogP contribution is 2.19. The first-order valence-corrected chi connectivity index (χ1v) is 9.44. The van der Waals surface area contributed by atoms with Gasteiger partial charge in [0.05, 0.1) is 7.11 Å². The highest BCUT2D eigenvalue weighted by Gasteiger charge is 2.06. The van der Waals surface area contributed by atoms with E-state index in [-0.39, 0.29) is 5.91 Å². The standard InChI is InChI=1S/C20H25BrN4O2/c1-14-7-8-16(18(11-14)27-3)13-25-20(22-2)24-10-9-23-19(26)15-5-4-6-17(21)12-15/h4-8,11-12H,9-10,13H2,1-3H3,(H,23,26)(H2,22,24,25). The minimum atomic E-state index is -0.106. The number of nitrogens with one attached hydrogen (secondary N) is 3. The van der Waals surface area contributed by atoms with E-state index in [2.05, 4.69) is 36.9 Å². The number of hydrogen-bond acceptors (Lipinski definition) is 3. The number of nitrogens with zero attached hydrogens (tertiary/aromatic N) is 1. The minimum Gasteiger partial charge on any atom is -0.496 e. The molecule has 1 amide bonds. The van der Waals surface area contributed by atoms with Crippen LogP contribution in [0.3, 0.4) is 0 Å². The number of ether oxygens (including phenoxy) is 1. The van der Waals surface area contributed by atoms with E-state index in [0.29, 0.717) is 31.2 Å². The molecule has 2 aromatic carbocycles. The zero-order chi connectivity index (χ0) is 19.6. The van der Waals surface area contributed by atoms with Crippen LogP contribution < -0.4 is 20.7 Å². The molecule has 0 aromatic heterocycles. The Balaban J connectivity index is 1.77. The molecule has 7 heteroatoms. The van der Waals surface area contributed by atoms with Gasteiger partial charge in [-0.25, -0.2) is 0 Å². The van der Waals surface area contributed by atoms with Gasteiger partial charge in [0.25, 0.3) is 5.91 Å². The summed E-state index contributed by atoms with van der Waals surface area (Å²) in [6.45, 7) is 3.67. The zero-order valence-electron chi connectivity index (χ0n) is 15.8. The SMILES string of the molecule is CN=C(NCCNC(=O)c1cccc(Br)c1)NCc1ccc(C)cc1OC. The Bertz CT molecular complexity index is 808. The van der Waals surface area contributed by atoms with E-state index in [1.165, 1.54) is 0 Å². The number of benzene rings is 2. The normalized spacial score (nSPS) is 11.0. The van der Waals surface area contributed by atoms with Crippen molar-refractivity contribution in [1.82, 2.24) is 16.0 Å². The number of hydrogen-bond donors (Lipinski definition) is 3. The van der Waals surface area contributed by atoms with Crippen molar-refractivity contribution in [2.75, 3.05) is 27.2 Å². The van der Waals surface area contributed by atoms with Gasteiger partial charge in [-0.1, -0.05) is 34.1 Å². The van der Waals surface area contributed by atoms with E-state index in [0.717, 1.165) is 21.3 Å². The highest BCUT2D eigenvalue weighted by molar-refractivity contribution is 9.10. The first kappa shape index (κ1) is 20.8. The predicted molar refractivity (Wildman–Crippen MR) is 112 cm³/mol. The van der Waals surface area contributed by atoms with Crippen molar-refractivity contribution >= 4 is 27.8 Å². The average molecular weight is 433 g/mol. The second-order valence-corrected chi connectivity index (χ2v) is 6.85. The number of carbonyl (C=O) groups is 1. The molecule has 0 aliphatic carbocycles. The monoisotopic (exact) mass is 432 g/mol.